The Balaban J connectivity index is 1.67. The molecule has 1 fully saturated rings. The quantitative estimate of drug-likeness (QED) is 0.743. The summed E-state index contributed by atoms with van der Waals surface area (Å²) in [6, 6.07) is 7.63. The van der Waals surface area contributed by atoms with Gasteiger partial charge in [0.05, 0.1) is 0 Å². The van der Waals surface area contributed by atoms with E-state index in [0.717, 1.165) is 16.9 Å². The number of amides is 4. The lowest BCUT2D eigenvalue weighted by Crippen LogP contribution is -2.44. The number of hydrogen-bond acceptors (Lipinski definition) is 3. The Morgan fingerprint density at radius 3 is 2.52 bits per heavy atom. The third kappa shape index (κ3) is 2.49. The van der Waals surface area contributed by atoms with Gasteiger partial charge in [-0.3, -0.25) is 14.5 Å². The molecule has 2 heterocycles. The molecule has 6 nitrogen and oxygen atoms in total. The van der Waals surface area contributed by atoms with Crippen LogP contribution in [0.15, 0.2) is 24.3 Å². The van der Waals surface area contributed by atoms with E-state index in [-0.39, 0.29) is 24.9 Å². The van der Waals surface area contributed by atoms with Crippen molar-refractivity contribution in [1.29, 1.82) is 0 Å². The first-order valence-electron chi connectivity index (χ1n) is 6.96. The Kier molecular flexibility index (Phi) is 3.37. The SMILES string of the molecule is CN1CC(=O)N(CC(=O)N2CCc3ccccc3C2)C1=O. The number of likely N-dealkylation sites (N-methyl/N-ethyl adjacent to an activating group) is 1. The van der Waals surface area contributed by atoms with Crippen molar-refractivity contribution in [2.75, 3.05) is 26.7 Å². The predicted molar refractivity (Wildman–Crippen MR) is 75.3 cm³/mol. The lowest BCUT2D eigenvalue weighted by molar-refractivity contribution is -0.137. The van der Waals surface area contributed by atoms with Gasteiger partial charge in [-0.2, -0.15) is 0 Å². The van der Waals surface area contributed by atoms with Gasteiger partial charge in [0.15, 0.2) is 0 Å². The second-order valence-corrected chi connectivity index (χ2v) is 5.45. The summed E-state index contributed by atoms with van der Waals surface area (Å²) in [6.45, 7) is 1.06. The standard InChI is InChI=1S/C15H17N3O3/c1-16-9-14(20)18(15(16)21)10-13(19)17-7-6-11-4-2-3-5-12(11)8-17/h2-5H,6-10H2,1H3. The molecule has 1 saturated heterocycles. The zero-order chi connectivity index (χ0) is 15.0. The number of benzene rings is 1. The Morgan fingerprint density at radius 1 is 1.14 bits per heavy atom. The molecule has 4 amide bonds. The van der Waals surface area contributed by atoms with Crippen LogP contribution in [0.5, 0.6) is 0 Å². The number of hydrogen-bond donors (Lipinski definition) is 0. The van der Waals surface area contributed by atoms with E-state index >= 15 is 0 Å². The number of urea groups is 1. The number of nitrogens with zero attached hydrogens (tertiary/aromatic N) is 3. The number of fused-ring (bicyclic) bond motifs is 1. The van der Waals surface area contributed by atoms with Crippen LogP contribution in [0.2, 0.25) is 0 Å². The van der Waals surface area contributed by atoms with Gasteiger partial charge in [0.1, 0.15) is 13.1 Å². The maximum absolute atomic E-state index is 12.3. The lowest BCUT2D eigenvalue weighted by Gasteiger charge is -2.29. The summed E-state index contributed by atoms with van der Waals surface area (Å²) < 4.78 is 0. The number of carbonyl (C=O) groups is 3. The van der Waals surface area contributed by atoms with E-state index in [4.69, 9.17) is 0 Å². The van der Waals surface area contributed by atoms with Gasteiger partial charge >= 0.3 is 6.03 Å². The van der Waals surface area contributed by atoms with E-state index < -0.39 is 6.03 Å². The first kappa shape index (κ1) is 13.6. The molecule has 0 unspecified atom stereocenters. The molecular formula is C15H17N3O3. The zero-order valence-electron chi connectivity index (χ0n) is 11.9. The summed E-state index contributed by atoms with van der Waals surface area (Å²) in [5, 5.41) is 0. The minimum Gasteiger partial charge on any atom is -0.336 e. The normalized spacial score (nSPS) is 18.2. The van der Waals surface area contributed by atoms with Crippen LogP contribution in [0.25, 0.3) is 0 Å². The molecular weight excluding hydrogens is 270 g/mol. The van der Waals surface area contributed by atoms with Crippen LogP contribution in [0.4, 0.5) is 4.79 Å². The van der Waals surface area contributed by atoms with Crippen LogP contribution in [-0.2, 0) is 22.6 Å². The van der Waals surface area contributed by atoms with Crippen LogP contribution in [0.1, 0.15) is 11.1 Å². The summed E-state index contributed by atoms with van der Waals surface area (Å²) >= 11 is 0. The lowest BCUT2D eigenvalue weighted by atomic mass is 10.00. The van der Waals surface area contributed by atoms with Gasteiger partial charge in [-0.25, -0.2) is 4.79 Å². The maximum Gasteiger partial charge on any atom is 0.327 e. The molecule has 0 atom stereocenters. The monoisotopic (exact) mass is 287 g/mol. The Hall–Kier alpha value is -2.37. The van der Waals surface area contributed by atoms with Gasteiger partial charge in [0.25, 0.3) is 5.91 Å². The number of rotatable bonds is 2. The molecule has 1 aromatic carbocycles. The van der Waals surface area contributed by atoms with E-state index in [1.54, 1.807) is 11.9 Å². The van der Waals surface area contributed by atoms with Crippen molar-refractivity contribution in [3.8, 4) is 0 Å². The molecule has 2 aliphatic rings. The second kappa shape index (κ2) is 5.20. The average molecular weight is 287 g/mol. The molecule has 1 aromatic rings. The van der Waals surface area contributed by atoms with E-state index in [1.165, 1.54) is 10.5 Å². The third-order valence-electron chi connectivity index (χ3n) is 4.01. The minimum atomic E-state index is -0.397. The molecule has 0 aliphatic carbocycles. The summed E-state index contributed by atoms with van der Waals surface area (Å²) in [5.41, 5.74) is 2.39. The Morgan fingerprint density at radius 2 is 1.86 bits per heavy atom. The fourth-order valence-electron chi connectivity index (χ4n) is 2.77. The fourth-order valence-corrected chi connectivity index (χ4v) is 2.77. The van der Waals surface area contributed by atoms with Crippen LogP contribution in [0.3, 0.4) is 0 Å². The predicted octanol–water partition coefficient (Wildman–Crippen LogP) is 0.465. The van der Waals surface area contributed by atoms with E-state index in [9.17, 15) is 14.4 Å². The summed E-state index contributed by atoms with van der Waals surface area (Å²) in [7, 11) is 1.56. The van der Waals surface area contributed by atoms with Gasteiger partial charge in [-0.15, -0.1) is 0 Å². The Labute approximate surface area is 122 Å². The first-order valence-corrected chi connectivity index (χ1v) is 6.96. The molecule has 110 valence electrons. The van der Waals surface area contributed by atoms with E-state index in [2.05, 4.69) is 6.07 Å². The van der Waals surface area contributed by atoms with E-state index in [0.29, 0.717) is 13.1 Å². The summed E-state index contributed by atoms with van der Waals surface area (Å²) in [4.78, 5) is 39.9. The van der Waals surface area contributed by atoms with Crippen molar-refractivity contribution < 1.29 is 14.4 Å². The van der Waals surface area contributed by atoms with Crippen LogP contribution >= 0.6 is 0 Å². The molecule has 6 heteroatoms. The number of imide groups is 1. The van der Waals surface area contributed by atoms with Crippen molar-refractivity contribution in [3.05, 3.63) is 35.4 Å². The fraction of sp³-hybridized carbons (Fsp3) is 0.400. The first-order chi connectivity index (χ1) is 10.1. The maximum atomic E-state index is 12.3. The zero-order valence-corrected chi connectivity index (χ0v) is 11.9. The molecule has 3 rings (SSSR count). The highest BCUT2D eigenvalue weighted by Gasteiger charge is 2.36. The average Bonchev–Trinajstić information content (AvgIpc) is 2.73. The molecule has 0 aromatic heterocycles. The molecule has 0 N–H and O–H groups in total. The second-order valence-electron chi connectivity index (χ2n) is 5.45. The van der Waals surface area contributed by atoms with Gasteiger partial charge < -0.3 is 9.80 Å². The van der Waals surface area contributed by atoms with Crippen LogP contribution < -0.4 is 0 Å². The largest absolute Gasteiger partial charge is 0.336 e. The van der Waals surface area contributed by atoms with Crippen LogP contribution in [-0.4, -0.2) is 59.2 Å². The molecule has 0 spiro atoms. The number of carbonyl (C=O) groups excluding carboxylic acids is 3. The van der Waals surface area contributed by atoms with Crippen molar-refractivity contribution in [3.63, 3.8) is 0 Å². The highest BCUT2D eigenvalue weighted by Crippen LogP contribution is 2.19. The summed E-state index contributed by atoms with van der Waals surface area (Å²) in [6.07, 6.45) is 0.809. The molecule has 21 heavy (non-hydrogen) atoms. The Bertz CT molecular complexity index is 614. The smallest absolute Gasteiger partial charge is 0.327 e. The topological polar surface area (TPSA) is 60.9 Å². The van der Waals surface area contributed by atoms with Gasteiger partial charge in [0.2, 0.25) is 5.91 Å². The van der Waals surface area contributed by atoms with Gasteiger partial charge in [-0.1, -0.05) is 24.3 Å². The van der Waals surface area contributed by atoms with Gasteiger partial charge in [-0.05, 0) is 17.5 Å². The third-order valence-corrected chi connectivity index (χ3v) is 4.01. The minimum absolute atomic E-state index is 0.0505. The highest BCUT2D eigenvalue weighted by atomic mass is 16.2. The van der Waals surface area contributed by atoms with Crippen LogP contribution in [0, 0.1) is 0 Å². The van der Waals surface area contributed by atoms with Crippen molar-refractivity contribution in [1.82, 2.24) is 14.7 Å². The molecule has 0 radical (unpaired) electrons. The van der Waals surface area contributed by atoms with Crippen molar-refractivity contribution >= 4 is 17.8 Å². The van der Waals surface area contributed by atoms with Crippen molar-refractivity contribution in [2.24, 2.45) is 0 Å². The molecule has 0 bridgehead atoms. The molecule has 2 aliphatic heterocycles. The van der Waals surface area contributed by atoms with E-state index in [1.807, 2.05) is 18.2 Å². The molecule has 0 saturated carbocycles. The highest BCUT2D eigenvalue weighted by molar-refractivity contribution is 6.04. The summed E-state index contributed by atoms with van der Waals surface area (Å²) in [5.74, 6) is -0.491. The van der Waals surface area contributed by atoms with Crippen molar-refractivity contribution in [2.45, 2.75) is 13.0 Å². The van der Waals surface area contributed by atoms with Gasteiger partial charge in [0, 0.05) is 20.1 Å².